The molecule has 1 aliphatic rings. The van der Waals surface area contributed by atoms with Gasteiger partial charge in [0.05, 0.1) is 6.04 Å². The van der Waals surface area contributed by atoms with Crippen LogP contribution in [0.15, 0.2) is 18.2 Å². The quantitative estimate of drug-likeness (QED) is 0.907. The van der Waals surface area contributed by atoms with Crippen LogP contribution in [-0.2, 0) is 6.42 Å². The van der Waals surface area contributed by atoms with E-state index in [0.29, 0.717) is 5.95 Å². The van der Waals surface area contributed by atoms with E-state index in [9.17, 15) is 4.39 Å². The molecule has 3 N–H and O–H groups in total. The Morgan fingerprint density at radius 1 is 1.33 bits per heavy atom. The van der Waals surface area contributed by atoms with Crippen LogP contribution in [0.2, 0.25) is 0 Å². The zero-order valence-corrected chi connectivity index (χ0v) is 12.1. The Labute approximate surface area is 122 Å². The molecule has 0 fully saturated rings. The summed E-state index contributed by atoms with van der Waals surface area (Å²) < 4.78 is 13.4. The van der Waals surface area contributed by atoms with Crippen molar-refractivity contribution in [1.29, 1.82) is 0 Å². The summed E-state index contributed by atoms with van der Waals surface area (Å²) in [6, 6.07) is 6.57. The first-order chi connectivity index (χ1) is 10.0. The molecule has 3 rings (SSSR count). The summed E-state index contributed by atoms with van der Waals surface area (Å²) in [7, 11) is 0. The number of fused-ring (bicyclic) bond motifs is 1. The first-order valence-electron chi connectivity index (χ1n) is 7.04. The summed E-state index contributed by atoms with van der Waals surface area (Å²) in [5.74, 6) is 0.434. The van der Waals surface area contributed by atoms with Crippen molar-refractivity contribution in [2.24, 2.45) is 0 Å². The summed E-state index contributed by atoms with van der Waals surface area (Å²) >= 11 is 0. The summed E-state index contributed by atoms with van der Waals surface area (Å²) in [6.07, 6.45) is 0.708. The number of hydrogen-bond donors (Lipinski definition) is 2. The van der Waals surface area contributed by atoms with Crippen LogP contribution in [-0.4, -0.2) is 15.0 Å². The van der Waals surface area contributed by atoms with Crippen LogP contribution in [0.4, 0.5) is 16.3 Å². The highest BCUT2D eigenvalue weighted by molar-refractivity contribution is 5.43. The minimum Gasteiger partial charge on any atom is -0.368 e. The molecule has 0 saturated heterocycles. The number of aryl methyl sites for hydroxylation is 2. The molecule has 2 aromatic rings. The minimum absolute atomic E-state index is 0.0365. The Kier molecular flexibility index (Phi) is 3.45. The average molecular weight is 287 g/mol. The van der Waals surface area contributed by atoms with E-state index in [1.807, 2.05) is 0 Å². The van der Waals surface area contributed by atoms with Gasteiger partial charge in [-0.2, -0.15) is 15.0 Å². The maximum atomic E-state index is 13.4. The lowest BCUT2D eigenvalue weighted by molar-refractivity contribution is 0.356. The first kappa shape index (κ1) is 13.7. The molecule has 110 valence electrons. The van der Waals surface area contributed by atoms with E-state index in [1.54, 1.807) is 0 Å². The van der Waals surface area contributed by atoms with E-state index in [0.717, 1.165) is 12.8 Å². The predicted molar refractivity (Wildman–Crippen MR) is 79.6 cm³/mol. The van der Waals surface area contributed by atoms with Gasteiger partial charge in [0, 0.05) is 0 Å². The lowest BCUT2D eigenvalue weighted by atomic mass is 10.1. The van der Waals surface area contributed by atoms with Crippen LogP contribution in [0, 0.1) is 6.92 Å². The Balaban J connectivity index is 1.87. The number of halogens is 1. The van der Waals surface area contributed by atoms with E-state index >= 15 is 0 Å². The highest BCUT2D eigenvalue weighted by Gasteiger charge is 2.23. The van der Waals surface area contributed by atoms with E-state index in [1.165, 1.54) is 23.6 Å². The molecule has 1 heterocycles. The minimum atomic E-state index is -1.27. The van der Waals surface area contributed by atoms with Gasteiger partial charge >= 0.3 is 0 Å². The number of nitrogens with two attached hydrogens (primary N) is 1. The third kappa shape index (κ3) is 2.79. The van der Waals surface area contributed by atoms with Crippen molar-refractivity contribution >= 4 is 11.9 Å². The fraction of sp³-hybridized carbons (Fsp3) is 0.400. The smallest absolute Gasteiger partial charge is 0.228 e. The van der Waals surface area contributed by atoms with Crippen molar-refractivity contribution in [2.45, 2.75) is 38.9 Å². The predicted octanol–water partition coefficient (Wildman–Crippen LogP) is 2.89. The highest BCUT2D eigenvalue weighted by Crippen LogP contribution is 2.33. The summed E-state index contributed by atoms with van der Waals surface area (Å²) in [5.41, 5.74) is 9.43. The van der Waals surface area contributed by atoms with Gasteiger partial charge in [0.15, 0.2) is 12.0 Å². The molecule has 1 aromatic carbocycles. The van der Waals surface area contributed by atoms with Gasteiger partial charge in [-0.25, -0.2) is 4.39 Å². The summed E-state index contributed by atoms with van der Waals surface area (Å²) in [5, 5.41) is 3.25. The number of nitrogens with one attached hydrogen (secondary N) is 1. The Bertz CT molecular complexity index is 671. The molecule has 5 nitrogen and oxygen atoms in total. The molecular weight excluding hydrogens is 269 g/mol. The third-order valence-electron chi connectivity index (χ3n) is 3.71. The number of benzene rings is 1. The average Bonchev–Trinajstić information content (AvgIpc) is 2.80. The Morgan fingerprint density at radius 3 is 2.90 bits per heavy atom. The van der Waals surface area contributed by atoms with Crippen LogP contribution in [0.5, 0.6) is 0 Å². The molecule has 1 aliphatic carbocycles. The van der Waals surface area contributed by atoms with Gasteiger partial charge in [-0.05, 0) is 37.8 Å². The van der Waals surface area contributed by atoms with E-state index < -0.39 is 6.17 Å². The second-order valence-electron chi connectivity index (χ2n) is 5.43. The van der Waals surface area contributed by atoms with Gasteiger partial charge in [-0.1, -0.05) is 23.8 Å². The fourth-order valence-corrected chi connectivity index (χ4v) is 2.68. The lowest BCUT2D eigenvalue weighted by Gasteiger charge is -2.15. The largest absolute Gasteiger partial charge is 0.368 e. The van der Waals surface area contributed by atoms with Gasteiger partial charge in [0.1, 0.15) is 0 Å². The maximum Gasteiger partial charge on any atom is 0.228 e. The summed E-state index contributed by atoms with van der Waals surface area (Å²) in [4.78, 5) is 12.0. The zero-order valence-electron chi connectivity index (χ0n) is 12.1. The Morgan fingerprint density at radius 2 is 2.14 bits per heavy atom. The second kappa shape index (κ2) is 5.27. The van der Waals surface area contributed by atoms with Crippen molar-refractivity contribution in [3.05, 3.63) is 40.7 Å². The number of anilines is 2. The van der Waals surface area contributed by atoms with Crippen LogP contribution in [0.3, 0.4) is 0 Å². The van der Waals surface area contributed by atoms with Gasteiger partial charge in [0.2, 0.25) is 11.9 Å². The topological polar surface area (TPSA) is 76.7 Å². The maximum absolute atomic E-state index is 13.4. The molecule has 0 radical (unpaired) electrons. The molecule has 6 heteroatoms. The summed E-state index contributed by atoms with van der Waals surface area (Å²) in [6.45, 7) is 3.45. The molecule has 0 bridgehead atoms. The second-order valence-corrected chi connectivity index (χ2v) is 5.43. The van der Waals surface area contributed by atoms with Crippen molar-refractivity contribution in [3.8, 4) is 0 Å². The molecule has 0 saturated carbocycles. The number of nitrogens with zero attached hydrogens (tertiary/aromatic N) is 3. The van der Waals surface area contributed by atoms with Crippen LogP contribution >= 0.6 is 0 Å². The SMILES string of the molecule is Cc1ccc2c(c1)[C@@H](Nc1nc(N)nc([C@@H](C)F)n1)CC2. The number of rotatable bonds is 3. The van der Waals surface area contributed by atoms with Crippen LogP contribution in [0.25, 0.3) is 0 Å². The molecule has 2 atom stereocenters. The number of hydrogen-bond acceptors (Lipinski definition) is 5. The van der Waals surface area contributed by atoms with E-state index in [-0.39, 0.29) is 17.8 Å². The normalized spacial score (nSPS) is 18.3. The fourth-order valence-electron chi connectivity index (χ4n) is 2.68. The van der Waals surface area contributed by atoms with Crippen molar-refractivity contribution < 1.29 is 4.39 Å². The van der Waals surface area contributed by atoms with Gasteiger partial charge in [-0.15, -0.1) is 0 Å². The van der Waals surface area contributed by atoms with Gasteiger partial charge in [-0.3, -0.25) is 0 Å². The molecule has 0 amide bonds. The Hall–Kier alpha value is -2.24. The van der Waals surface area contributed by atoms with Crippen LogP contribution < -0.4 is 11.1 Å². The van der Waals surface area contributed by atoms with Gasteiger partial charge < -0.3 is 11.1 Å². The molecule has 21 heavy (non-hydrogen) atoms. The molecule has 0 aliphatic heterocycles. The molecule has 0 unspecified atom stereocenters. The number of nitrogen functional groups attached to an aromatic ring is 1. The standard InChI is InChI=1S/C15H18FN5/c1-8-3-4-10-5-6-12(11(10)7-8)18-15-20-13(9(2)16)19-14(17)21-15/h3-4,7,9,12H,5-6H2,1-2H3,(H3,17,18,19,20,21)/t9-,12+/m1/s1. The van der Waals surface area contributed by atoms with Crippen molar-refractivity contribution in [1.82, 2.24) is 15.0 Å². The monoisotopic (exact) mass is 287 g/mol. The van der Waals surface area contributed by atoms with Gasteiger partial charge in [0.25, 0.3) is 0 Å². The number of alkyl halides is 1. The lowest BCUT2D eigenvalue weighted by Crippen LogP contribution is -2.13. The molecule has 1 aromatic heterocycles. The zero-order chi connectivity index (χ0) is 15.0. The van der Waals surface area contributed by atoms with Crippen molar-refractivity contribution in [2.75, 3.05) is 11.1 Å². The van der Waals surface area contributed by atoms with E-state index in [4.69, 9.17) is 5.73 Å². The van der Waals surface area contributed by atoms with E-state index in [2.05, 4.69) is 45.4 Å². The molecular formula is C15H18FN5. The van der Waals surface area contributed by atoms with Crippen LogP contribution in [0.1, 0.15) is 48.1 Å². The first-order valence-corrected chi connectivity index (χ1v) is 7.04. The highest BCUT2D eigenvalue weighted by atomic mass is 19.1. The number of aromatic nitrogens is 3. The molecule has 0 spiro atoms. The van der Waals surface area contributed by atoms with Crippen molar-refractivity contribution in [3.63, 3.8) is 0 Å². The third-order valence-corrected chi connectivity index (χ3v) is 3.71.